The van der Waals surface area contributed by atoms with Gasteiger partial charge in [0.2, 0.25) is 0 Å². The van der Waals surface area contributed by atoms with Crippen LogP contribution >= 0.6 is 0 Å². The molecule has 0 amide bonds. The summed E-state index contributed by atoms with van der Waals surface area (Å²) in [5.74, 6) is -2.89. The first-order valence-electron chi connectivity index (χ1n) is 8.07. The van der Waals surface area contributed by atoms with E-state index >= 15 is 0 Å². The van der Waals surface area contributed by atoms with Crippen LogP contribution in [0.5, 0.6) is 0 Å². The molecule has 0 unspecified atom stereocenters. The van der Waals surface area contributed by atoms with Gasteiger partial charge in [-0.2, -0.15) is 0 Å². The number of hydrogen-bond donors (Lipinski definition) is 0. The number of rotatable bonds is 2. The van der Waals surface area contributed by atoms with Gasteiger partial charge in [-0.05, 0) is 32.1 Å². The van der Waals surface area contributed by atoms with Crippen molar-refractivity contribution in [3.8, 4) is 0 Å². The fourth-order valence-corrected chi connectivity index (χ4v) is 3.74. The smallest absolute Gasteiger partial charge is 0.314 e. The first-order valence-corrected chi connectivity index (χ1v) is 8.07. The molecule has 4 atom stereocenters. The van der Waals surface area contributed by atoms with Gasteiger partial charge in [-0.1, -0.05) is 6.42 Å². The Balaban J connectivity index is 1.87. The van der Waals surface area contributed by atoms with Gasteiger partial charge >= 0.3 is 17.9 Å². The summed E-state index contributed by atoms with van der Waals surface area (Å²) in [7, 11) is 0. The van der Waals surface area contributed by atoms with Crippen molar-refractivity contribution in [2.45, 2.75) is 57.3 Å². The van der Waals surface area contributed by atoms with Crippen LogP contribution in [0.2, 0.25) is 0 Å². The van der Waals surface area contributed by atoms with E-state index in [4.69, 9.17) is 18.9 Å². The summed E-state index contributed by atoms with van der Waals surface area (Å²) in [4.78, 5) is 35.3. The third-order valence-electron chi connectivity index (χ3n) is 5.13. The van der Waals surface area contributed by atoms with Crippen molar-refractivity contribution < 1.29 is 33.3 Å². The molecule has 2 saturated heterocycles. The Hall–Kier alpha value is -1.63. The van der Waals surface area contributed by atoms with E-state index in [-0.39, 0.29) is 37.0 Å². The highest BCUT2D eigenvalue weighted by Crippen LogP contribution is 2.54. The van der Waals surface area contributed by atoms with Gasteiger partial charge in [0.15, 0.2) is 13.2 Å². The van der Waals surface area contributed by atoms with E-state index in [2.05, 4.69) is 0 Å². The number of fused-ring (bicyclic) bond motifs is 1. The average molecular weight is 326 g/mol. The van der Waals surface area contributed by atoms with Crippen molar-refractivity contribution in [3.05, 3.63) is 0 Å². The van der Waals surface area contributed by atoms with E-state index in [0.29, 0.717) is 6.42 Å². The SMILES string of the molecule is CC(=O)OC[C@@]12COC(=O)CCCC[C@@H]3C[C@@H](C(=O)O1)[C@@]3(C)O2. The summed E-state index contributed by atoms with van der Waals surface area (Å²) in [6.07, 6.45) is 3.58. The fraction of sp³-hybridized carbons (Fsp3) is 0.812. The molecule has 1 aliphatic carbocycles. The van der Waals surface area contributed by atoms with Gasteiger partial charge in [-0.3, -0.25) is 14.4 Å². The molecule has 0 aromatic rings. The van der Waals surface area contributed by atoms with E-state index in [1.165, 1.54) is 6.92 Å². The highest BCUT2D eigenvalue weighted by atomic mass is 16.8. The van der Waals surface area contributed by atoms with E-state index < -0.39 is 17.4 Å². The molecule has 0 radical (unpaired) electrons. The van der Waals surface area contributed by atoms with Gasteiger partial charge in [0, 0.05) is 13.3 Å². The largest absolute Gasteiger partial charge is 0.459 e. The lowest BCUT2D eigenvalue weighted by Crippen LogP contribution is -2.69. The second-order valence-electron chi connectivity index (χ2n) is 6.79. The topological polar surface area (TPSA) is 88.1 Å². The van der Waals surface area contributed by atoms with E-state index in [1.54, 1.807) is 0 Å². The van der Waals surface area contributed by atoms with Gasteiger partial charge < -0.3 is 18.9 Å². The molecule has 3 fully saturated rings. The van der Waals surface area contributed by atoms with E-state index in [9.17, 15) is 14.4 Å². The zero-order valence-electron chi connectivity index (χ0n) is 13.5. The minimum atomic E-state index is -1.55. The molecule has 3 aliphatic rings. The zero-order valence-corrected chi connectivity index (χ0v) is 13.5. The Morgan fingerprint density at radius 1 is 1.35 bits per heavy atom. The second kappa shape index (κ2) is 5.78. The quantitative estimate of drug-likeness (QED) is 0.559. The standard InChI is InChI=1S/C16H22O7/c1-10(17)20-8-16-9-21-13(18)6-4-3-5-11-7-12(14(19)22-16)15(11,2)23-16/h11-12H,3-9H2,1-2H3/t11-,12+,15+,16-/m1/s1. The van der Waals surface area contributed by atoms with Crippen LogP contribution in [0.4, 0.5) is 0 Å². The lowest BCUT2D eigenvalue weighted by molar-refractivity contribution is -0.370. The van der Waals surface area contributed by atoms with Gasteiger partial charge in [0.05, 0.1) is 11.5 Å². The molecule has 7 nitrogen and oxygen atoms in total. The molecule has 23 heavy (non-hydrogen) atoms. The molecule has 2 bridgehead atoms. The molecule has 0 aromatic carbocycles. The Kier molecular flexibility index (Phi) is 4.08. The van der Waals surface area contributed by atoms with Crippen LogP contribution in [0.25, 0.3) is 0 Å². The molecule has 7 heteroatoms. The van der Waals surface area contributed by atoms with Crippen molar-refractivity contribution in [2.24, 2.45) is 11.8 Å². The van der Waals surface area contributed by atoms with Crippen LogP contribution in [0, 0.1) is 11.8 Å². The van der Waals surface area contributed by atoms with Crippen molar-refractivity contribution in [1.82, 2.24) is 0 Å². The minimum Gasteiger partial charge on any atom is -0.459 e. The summed E-state index contributed by atoms with van der Waals surface area (Å²) in [6.45, 7) is 2.61. The molecule has 0 aromatic heterocycles. The number of carbonyl (C=O) groups excluding carboxylic acids is 3. The number of carbonyl (C=O) groups is 3. The monoisotopic (exact) mass is 326 g/mol. The highest BCUT2D eigenvalue weighted by Gasteiger charge is 2.65. The maximum absolute atomic E-state index is 12.3. The average Bonchev–Trinajstić information content (AvgIpc) is 2.48. The lowest BCUT2D eigenvalue weighted by Gasteiger charge is -2.58. The molecule has 2 heterocycles. The van der Waals surface area contributed by atoms with Crippen LogP contribution in [-0.4, -0.2) is 42.5 Å². The van der Waals surface area contributed by atoms with E-state index in [1.807, 2.05) is 6.92 Å². The number of cyclic esters (lactones) is 1. The molecule has 1 saturated carbocycles. The third kappa shape index (κ3) is 2.94. The number of ether oxygens (including phenoxy) is 4. The number of hydrogen-bond acceptors (Lipinski definition) is 7. The summed E-state index contributed by atoms with van der Waals surface area (Å²) in [5.41, 5.74) is -0.660. The maximum Gasteiger partial charge on any atom is 0.314 e. The Morgan fingerprint density at radius 3 is 2.87 bits per heavy atom. The van der Waals surface area contributed by atoms with Crippen LogP contribution < -0.4 is 0 Å². The number of esters is 3. The molecule has 0 N–H and O–H groups in total. The second-order valence-corrected chi connectivity index (χ2v) is 6.79. The summed E-state index contributed by atoms with van der Waals surface area (Å²) in [5, 5.41) is 0. The zero-order chi connectivity index (χ0) is 16.7. The van der Waals surface area contributed by atoms with Crippen molar-refractivity contribution >= 4 is 17.9 Å². The summed E-state index contributed by atoms with van der Waals surface area (Å²) in [6, 6.07) is 0. The third-order valence-corrected chi connectivity index (χ3v) is 5.13. The Labute approximate surface area is 134 Å². The van der Waals surface area contributed by atoms with Gasteiger partial charge in [0.25, 0.3) is 5.79 Å². The van der Waals surface area contributed by atoms with Crippen LogP contribution in [-0.2, 0) is 33.3 Å². The molecule has 3 rings (SSSR count). The van der Waals surface area contributed by atoms with Gasteiger partial charge in [0.1, 0.15) is 0 Å². The predicted octanol–water partition coefficient (Wildman–Crippen LogP) is 1.33. The van der Waals surface area contributed by atoms with Crippen molar-refractivity contribution in [1.29, 1.82) is 0 Å². The molecule has 128 valence electrons. The molecule has 2 aliphatic heterocycles. The first kappa shape index (κ1) is 16.2. The van der Waals surface area contributed by atoms with Crippen LogP contribution in [0.3, 0.4) is 0 Å². The summed E-state index contributed by atoms with van der Waals surface area (Å²) < 4.78 is 21.8. The normalized spacial score (nSPS) is 40.1. The minimum absolute atomic E-state index is 0.227. The van der Waals surface area contributed by atoms with Gasteiger partial charge in [-0.15, -0.1) is 0 Å². The molecule has 0 spiro atoms. The fourth-order valence-electron chi connectivity index (χ4n) is 3.74. The highest BCUT2D eigenvalue weighted by molar-refractivity contribution is 5.77. The van der Waals surface area contributed by atoms with Gasteiger partial charge in [-0.25, -0.2) is 0 Å². The van der Waals surface area contributed by atoms with Crippen molar-refractivity contribution in [2.75, 3.05) is 13.2 Å². The molecular formula is C16H22O7. The Morgan fingerprint density at radius 2 is 2.13 bits per heavy atom. The van der Waals surface area contributed by atoms with E-state index in [0.717, 1.165) is 25.7 Å². The molecular weight excluding hydrogens is 304 g/mol. The maximum atomic E-state index is 12.3. The van der Waals surface area contributed by atoms with Crippen LogP contribution in [0.15, 0.2) is 0 Å². The predicted molar refractivity (Wildman–Crippen MR) is 76.0 cm³/mol. The Bertz CT molecular complexity index is 531. The van der Waals surface area contributed by atoms with Crippen molar-refractivity contribution in [3.63, 3.8) is 0 Å². The first-order chi connectivity index (χ1) is 10.8. The summed E-state index contributed by atoms with van der Waals surface area (Å²) >= 11 is 0. The lowest BCUT2D eigenvalue weighted by atomic mass is 9.59. The van der Waals surface area contributed by atoms with Crippen LogP contribution in [0.1, 0.15) is 46.0 Å².